The van der Waals surface area contributed by atoms with Crippen molar-refractivity contribution in [1.82, 2.24) is 4.90 Å². The molecule has 0 aliphatic heterocycles. The summed E-state index contributed by atoms with van der Waals surface area (Å²) in [5.41, 5.74) is 6.82. The third-order valence-electron chi connectivity index (χ3n) is 2.77. The second-order valence-electron chi connectivity index (χ2n) is 4.51. The maximum absolute atomic E-state index is 6.09. The molecule has 0 spiro atoms. The number of benzene rings is 1. The van der Waals surface area contributed by atoms with Crippen LogP contribution in [0.5, 0.6) is 0 Å². The molecule has 3 nitrogen and oxygen atoms in total. The number of hydrogen-bond donors (Lipinski definition) is 1. The molecule has 17 heavy (non-hydrogen) atoms. The van der Waals surface area contributed by atoms with E-state index in [1.165, 1.54) is 0 Å². The molecule has 2 aromatic rings. The minimum absolute atomic E-state index is 0.0825. The Labute approximate surface area is 106 Å². The smallest absolute Gasteiger partial charge is 0.152 e. The first kappa shape index (κ1) is 12.4. The summed E-state index contributed by atoms with van der Waals surface area (Å²) >= 11 is 6.06. The Balaban J connectivity index is 2.21. The van der Waals surface area contributed by atoms with Crippen molar-refractivity contribution in [3.05, 3.63) is 35.0 Å². The number of nitrogens with zero attached hydrogens (tertiary/aromatic N) is 1. The molecule has 2 rings (SSSR count). The number of rotatable bonds is 4. The van der Waals surface area contributed by atoms with E-state index in [1.807, 2.05) is 38.4 Å². The summed E-state index contributed by atoms with van der Waals surface area (Å²) in [6.45, 7) is 0.936. The van der Waals surface area contributed by atoms with Gasteiger partial charge in [0.2, 0.25) is 0 Å². The first-order valence-corrected chi connectivity index (χ1v) is 6.04. The highest BCUT2D eigenvalue weighted by Crippen LogP contribution is 2.29. The summed E-state index contributed by atoms with van der Waals surface area (Å²) in [5.74, 6) is 0.801. The van der Waals surface area contributed by atoms with Gasteiger partial charge in [-0.1, -0.05) is 23.7 Å². The zero-order chi connectivity index (χ0) is 12.4. The lowest BCUT2D eigenvalue weighted by Crippen LogP contribution is -2.19. The molecule has 1 atom stereocenters. The molecule has 2 N–H and O–H groups in total. The Morgan fingerprint density at radius 1 is 1.41 bits per heavy atom. The van der Waals surface area contributed by atoms with Crippen molar-refractivity contribution in [3.8, 4) is 0 Å². The van der Waals surface area contributed by atoms with E-state index in [9.17, 15) is 0 Å². The lowest BCUT2D eigenvalue weighted by atomic mass is 10.1. The first-order valence-electron chi connectivity index (χ1n) is 5.66. The van der Waals surface area contributed by atoms with Crippen molar-refractivity contribution in [1.29, 1.82) is 0 Å². The molecule has 0 amide bonds. The Bertz CT molecular complexity index is 507. The number of halogens is 1. The number of para-hydroxylation sites is 1. The third-order valence-corrected chi connectivity index (χ3v) is 3.07. The van der Waals surface area contributed by atoms with Crippen LogP contribution in [0, 0.1) is 0 Å². The maximum Gasteiger partial charge on any atom is 0.152 e. The predicted octanol–water partition coefficient (Wildman–Crippen LogP) is 3.04. The fourth-order valence-electron chi connectivity index (χ4n) is 1.77. The van der Waals surface area contributed by atoms with Gasteiger partial charge in [0, 0.05) is 5.39 Å². The largest absolute Gasteiger partial charge is 0.458 e. The van der Waals surface area contributed by atoms with Gasteiger partial charge in [-0.3, -0.25) is 0 Å². The molecule has 4 heteroatoms. The van der Waals surface area contributed by atoms with Gasteiger partial charge < -0.3 is 15.1 Å². The highest BCUT2D eigenvalue weighted by atomic mass is 35.5. The summed E-state index contributed by atoms with van der Waals surface area (Å²) in [6, 6.07) is 7.60. The summed E-state index contributed by atoms with van der Waals surface area (Å²) in [7, 11) is 4.06. The summed E-state index contributed by atoms with van der Waals surface area (Å²) in [5, 5.41) is 1.64. The molecule has 0 aliphatic carbocycles. The molecule has 1 unspecified atom stereocenters. The Morgan fingerprint density at radius 2 is 2.18 bits per heavy atom. The average Bonchev–Trinajstić information content (AvgIpc) is 2.71. The Kier molecular flexibility index (Phi) is 3.72. The standard InChI is InChI=1S/C13H17ClN2O/c1-16(2)7-6-11(15)12-8-9-4-3-5-10(14)13(9)17-12/h3-5,8,11H,6-7,15H2,1-2H3. The molecule has 1 aromatic carbocycles. The second kappa shape index (κ2) is 5.08. The monoisotopic (exact) mass is 252 g/mol. The number of hydrogen-bond acceptors (Lipinski definition) is 3. The van der Waals surface area contributed by atoms with Crippen LogP contribution in [0.3, 0.4) is 0 Å². The van der Waals surface area contributed by atoms with Gasteiger partial charge in [0.05, 0.1) is 11.1 Å². The van der Waals surface area contributed by atoms with Gasteiger partial charge in [-0.15, -0.1) is 0 Å². The van der Waals surface area contributed by atoms with E-state index in [4.69, 9.17) is 21.8 Å². The van der Waals surface area contributed by atoms with Gasteiger partial charge in [-0.2, -0.15) is 0 Å². The Morgan fingerprint density at radius 3 is 2.82 bits per heavy atom. The van der Waals surface area contributed by atoms with Crippen molar-refractivity contribution >= 4 is 22.6 Å². The minimum Gasteiger partial charge on any atom is -0.458 e. The average molecular weight is 253 g/mol. The van der Waals surface area contributed by atoms with E-state index in [-0.39, 0.29) is 6.04 Å². The molecule has 0 radical (unpaired) electrons. The fraction of sp³-hybridized carbons (Fsp3) is 0.385. The zero-order valence-electron chi connectivity index (χ0n) is 10.1. The van der Waals surface area contributed by atoms with Crippen LogP contribution in [0.2, 0.25) is 5.02 Å². The number of furan rings is 1. The van der Waals surface area contributed by atoms with Crippen LogP contribution in [-0.4, -0.2) is 25.5 Å². The van der Waals surface area contributed by atoms with Crippen LogP contribution in [-0.2, 0) is 0 Å². The molecule has 0 fully saturated rings. The van der Waals surface area contributed by atoms with Crippen LogP contribution < -0.4 is 5.73 Å². The molecule has 92 valence electrons. The van der Waals surface area contributed by atoms with Crippen LogP contribution in [0.25, 0.3) is 11.0 Å². The highest BCUT2D eigenvalue weighted by molar-refractivity contribution is 6.34. The number of nitrogens with two attached hydrogens (primary N) is 1. The van der Waals surface area contributed by atoms with Crippen LogP contribution in [0.1, 0.15) is 18.2 Å². The molecule has 1 aromatic heterocycles. The van der Waals surface area contributed by atoms with E-state index in [0.717, 1.165) is 29.7 Å². The summed E-state index contributed by atoms with van der Waals surface area (Å²) in [6.07, 6.45) is 0.866. The molecule has 0 bridgehead atoms. The van der Waals surface area contributed by atoms with Crippen LogP contribution in [0.15, 0.2) is 28.7 Å². The lowest BCUT2D eigenvalue weighted by Gasteiger charge is -2.12. The van der Waals surface area contributed by atoms with Crippen molar-refractivity contribution < 1.29 is 4.42 Å². The van der Waals surface area contributed by atoms with E-state index in [0.29, 0.717) is 5.02 Å². The quantitative estimate of drug-likeness (QED) is 0.910. The highest BCUT2D eigenvalue weighted by Gasteiger charge is 2.13. The third kappa shape index (κ3) is 2.80. The van der Waals surface area contributed by atoms with E-state index in [1.54, 1.807) is 0 Å². The normalized spacial score (nSPS) is 13.5. The number of fused-ring (bicyclic) bond motifs is 1. The molecule has 0 saturated carbocycles. The van der Waals surface area contributed by atoms with Crippen molar-refractivity contribution in [3.63, 3.8) is 0 Å². The maximum atomic E-state index is 6.09. The predicted molar refractivity (Wildman–Crippen MR) is 71.3 cm³/mol. The zero-order valence-corrected chi connectivity index (χ0v) is 10.9. The van der Waals surface area contributed by atoms with Crippen LogP contribution >= 0.6 is 11.6 Å². The summed E-state index contributed by atoms with van der Waals surface area (Å²) < 4.78 is 5.72. The van der Waals surface area contributed by atoms with Crippen molar-refractivity contribution in [2.24, 2.45) is 5.73 Å². The molecule has 0 aliphatic rings. The lowest BCUT2D eigenvalue weighted by molar-refractivity contribution is 0.366. The van der Waals surface area contributed by atoms with Crippen molar-refractivity contribution in [2.75, 3.05) is 20.6 Å². The Hall–Kier alpha value is -1.03. The van der Waals surface area contributed by atoms with E-state index < -0.39 is 0 Å². The van der Waals surface area contributed by atoms with Gasteiger partial charge in [-0.05, 0) is 39.2 Å². The second-order valence-corrected chi connectivity index (χ2v) is 4.91. The molecular formula is C13H17ClN2O. The van der Waals surface area contributed by atoms with Crippen molar-refractivity contribution in [2.45, 2.75) is 12.5 Å². The molecule has 1 heterocycles. The molecule has 0 saturated heterocycles. The van der Waals surface area contributed by atoms with E-state index in [2.05, 4.69) is 4.90 Å². The van der Waals surface area contributed by atoms with Gasteiger partial charge in [0.25, 0.3) is 0 Å². The van der Waals surface area contributed by atoms with Crippen LogP contribution in [0.4, 0.5) is 0 Å². The first-order chi connectivity index (χ1) is 8.08. The topological polar surface area (TPSA) is 42.4 Å². The fourth-order valence-corrected chi connectivity index (χ4v) is 1.99. The molecular weight excluding hydrogens is 236 g/mol. The van der Waals surface area contributed by atoms with Gasteiger partial charge >= 0.3 is 0 Å². The summed E-state index contributed by atoms with van der Waals surface area (Å²) in [4.78, 5) is 2.11. The minimum atomic E-state index is -0.0825. The van der Waals surface area contributed by atoms with Gasteiger partial charge in [-0.25, -0.2) is 0 Å². The SMILES string of the molecule is CN(C)CCC(N)c1cc2cccc(Cl)c2o1. The van der Waals surface area contributed by atoms with E-state index >= 15 is 0 Å². The van der Waals surface area contributed by atoms with Gasteiger partial charge in [0.1, 0.15) is 5.76 Å². The van der Waals surface area contributed by atoms with Gasteiger partial charge in [0.15, 0.2) is 5.58 Å².